The third-order valence-electron chi connectivity index (χ3n) is 3.08. The molecule has 2 N–H and O–H groups in total. The van der Waals surface area contributed by atoms with Crippen LogP contribution in [0.3, 0.4) is 0 Å². The first kappa shape index (κ1) is 13.7. The standard InChI is InChI=1S/C14H20N2O3/c1-10(15)7-8-16(2)14(17)13-9-18-11-5-3-4-6-12(11)19-13/h3-6,10,13H,7-9,15H2,1-2H3. The van der Waals surface area contributed by atoms with Crippen LogP contribution < -0.4 is 15.2 Å². The van der Waals surface area contributed by atoms with Gasteiger partial charge in [0, 0.05) is 19.6 Å². The molecular formula is C14H20N2O3. The van der Waals surface area contributed by atoms with Crippen molar-refractivity contribution in [3.05, 3.63) is 24.3 Å². The van der Waals surface area contributed by atoms with Crippen LogP contribution >= 0.6 is 0 Å². The van der Waals surface area contributed by atoms with Crippen molar-refractivity contribution < 1.29 is 14.3 Å². The fraction of sp³-hybridized carbons (Fsp3) is 0.500. The summed E-state index contributed by atoms with van der Waals surface area (Å²) in [6, 6.07) is 7.44. The Bertz CT molecular complexity index is 448. The summed E-state index contributed by atoms with van der Waals surface area (Å²) in [5.74, 6) is 1.23. The third kappa shape index (κ3) is 3.38. The SMILES string of the molecule is CC(N)CCN(C)C(=O)C1COc2ccccc2O1. The molecule has 0 saturated carbocycles. The van der Waals surface area contributed by atoms with Gasteiger partial charge in [0.25, 0.3) is 5.91 Å². The number of carbonyl (C=O) groups is 1. The Morgan fingerprint density at radius 2 is 2.16 bits per heavy atom. The van der Waals surface area contributed by atoms with Crippen LogP contribution in [0.5, 0.6) is 11.5 Å². The maximum absolute atomic E-state index is 12.2. The lowest BCUT2D eigenvalue weighted by molar-refractivity contribution is -0.139. The number of fused-ring (bicyclic) bond motifs is 1. The molecule has 0 bridgehead atoms. The number of nitrogens with zero attached hydrogens (tertiary/aromatic N) is 1. The highest BCUT2D eigenvalue weighted by molar-refractivity contribution is 5.81. The van der Waals surface area contributed by atoms with Gasteiger partial charge in [-0.15, -0.1) is 0 Å². The van der Waals surface area contributed by atoms with Crippen LogP contribution in [-0.2, 0) is 4.79 Å². The highest BCUT2D eigenvalue weighted by Crippen LogP contribution is 2.31. The molecule has 1 aromatic rings. The second kappa shape index (κ2) is 5.93. The lowest BCUT2D eigenvalue weighted by Gasteiger charge is -2.29. The third-order valence-corrected chi connectivity index (χ3v) is 3.08. The highest BCUT2D eigenvalue weighted by Gasteiger charge is 2.29. The number of rotatable bonds is 4. The summed E-state index contributed by atoms with van der Waals surface area (Å²) in [4.78, 5) is 13.8. The molecule has 0 radical (unpaired) electrons. The molecule has 1 aliphatic heterocycles. The zero-order chi connectivity index (χ0) is 13.8. The molecule has 1 amide bonds. The van der Waals surface area contributed by atoms with E-state index in [-0.39, 0.29) is 18.6 Å². The quantitative estimate of drug-likeness (QED) is 0.882. The number of nitrogens with two attached hydrogens (primary N) is 1. The maximum atomic E-state index is 12.2. The molecule has 2 unspecified atom stereocenters. The van der Waals surface area contributed by atoms with Gasteiger partial charge in [-0.05, 0) is 25.5 Å². The van der Waals surface area contributed by atoms with E-state index in [1.807, 2.05) is 25.1 Å². The van der Waals surface area contributed by atoms with E-state index in [1.165, 1.54) is 0 Å². The lowest BCUT2D eigenvalue weighted by Crippen LogP contribution is -2.45. The van der Waals surface area contributed by atoms with Gasteiger partial charge in [0.2, 0.25) is 6.10 Å². The van der Waals surface area contributed by atoms with Crippen molar-refractivity contribution in [2.45, 2.75) is 25.5 Å². The summed E-state index contributed by atoms with van der Waals surface area (Å²) in [7, 11) is 1.76. The zero-order valence-corrected chi connectivity index (χ0v) is 11.3. The van der Waals surface area contributed by atoms with Crippen molar-refractivity contribution in [2.24, 2.45) is 5.73 Å². The Labute approximate surface area is 113 Å². The predicted molar refractivity (Wildman–Crippen MR) is 72.3 cm³/mol. The van der Waals surface area contributed by atoms with Gasteiger partial charge in [-0.3, -0.25) is 4.79 Å². The average molecular weight is 264 g/mol. The number of hydrogen-bond donors (Lipinski definition) is 1. The molecule has 1 heterocycles. The Kier molecular flexibility index (Phi) is 4.27. The molecule has 0 saturated heterocycles. The molecule has 19 heavy (non-hydrogen) atoms. The number of para-hydroxylation sites is 2. The minimum Gasteiger partial charge on any atom is -0.485 e. The average Bonchev–Trinajstić information content (AvgIpc) is 2.43. The van der Waals surface area contributed by atoms with Crippen molar-refractivity contribution in [3.63, 3.8) is 0 Å². The maximum Gasteiger partial charge on any atom is 0.267 e. The van der Waals surface area contributed by atoms with Crippen LogP contribution in [0.1, 0.15) is 13.3 Å². The van der Waals surface area contributed by atoms with E-state index in [9.17, 15) is 4.79 Å². The summed E-state index contributed by atoms with van der Waals surface area (Å²) >= 11 is 0. The van der Waals surface area contributed by atoms with Gasteiger partial charge in [0.05, 0.1) is 0 Å². The van der Waals surface area contributed by atoms with Crippen molar-refractivity contribution in [1.82, 2.24) is 4.90 Å². The second-order valence-corrected chi connectivity index (χ2v) is 4.89. The first-order valence-corrected chi connectivity index (χ1v) is 6.47. The van der Waals surface area contributed by atoms with Crippen LogP contribution in [0.15, 0.2) is 24.3 Å². The van der Waals surface area contributed by atoms with Crippen molar-refractivity contribution >= 4 is 5.91 Å². The minimum absolute atomic E-state index is 0.0739. The largest absolute Gasteiger partial charge is 0.485 e. The van der Waals surface area contributed by atoms with E-state index in [0.29, 0.717) is 18.0 Å². The predicted octanol–water partition coefficient (Wildman–Crippen LogP) is 1.02. The fourth-order valence-electron chi connectivity index (χ4n) is 1.89. The Morgan fingerprint density at radius 1 is 1.47 bits per heavy atom. The fourth-order valence-corrected chi connectivity index (χ4v) is 1.89. The lowest BCUT2D eigenvalue weighted by atomic mass is 10.2. The normalized spacial score (nSPS) is 18.8. The molecule has 1 aromatic carbocycles. The molecular weight excluding hydrogens is 244 g/mol. The summed E-state index contributed by atoms with van der Waals surface area (Å²) in [5, 5.41) is 0. The monoisotopic (exact) mass is 264 g/mol. The Balaban J connectivity index is 1.95. The summed E-state index contributed by atoms with van der Waals surface area (Å²) in [5.41, 5.74) is 5.69. The van der Waals surface area contributed by atoms with Crippen LogP contribution in [0.25, 0.3) is 0 Å². The van der Waals surface area contributed by atoms with Crippen molar-refractivity contribution in [2.75, 3.05) is 20.2 Å². The number of hydrogen-bond acceptors (Lipinski definition) is 4. The van der Waals surface area contributed by atoms with E-state index in [0.717, 1.165) is 6.42 Å². The zero-order valence-electron chi connectivity index (χ0n) is 11.3. The highest BCUT2D eigenvalue weighted by atomic mass is 16.6. The van der Waals surface area contributed by atoms with Crippen LogP contribution in [0, 0.1) is 0 Å². The van der Waals surface area contributed by atoms with Gasteiger partial charge in [-0.25, -0.2) is 0 Å². The van der Waals surface area contributed by atoms with E-state index in [2.05, 4.69) is 0 Å². The molecule has 0 aliphatic carbocycles. The second-order valence-electron chi connectivity index (χ2n) is 4.89. The summed E-state index contributed by atoms with van der Waals surface area (Å²) in [6.45, 7) is 2.80. The molecule has 1 aliphatic rings. The first-order chi connectivity index (χ1) is 9.08. The van der Waals surface area contributed by atoms with E-state index >= 15 is 0 Å². The summed E-state index contributed by atoms with van der Waals surface area (Å²) in [6.07, 6.45) is 0.194. The van der Waals surface area contributed by atoms with Gasteiger partial charge in [-0.2, -0.15) is 0 Å². The first-order valence-electron chi connectivity index (χ1n) is 6.47. The molecule has 104 valence electrons. The number of amides is 1. The van der Waals surface area contributed by atoms with Gasteiger partial charge in [0.15, 0.2) is 11.5 Å². The van der Waals surface area contributed by atoms with Gasteiger partial charge >= 0.3 is 0 Å². The molecule has 2 atom stereocenters. The molecule has 5 heteroatoms. The topological polar surface area (TPSA) is 64.8 Å². The molecule has 0 spiro atoms. The Hall–Kier alpha value is -1.75. The summed E-state index contributed by atoms with van der Waals surface area (Å²) < 4.78 is 11.2. The van der Waals surface area contributed by atoms with E-state index in [1.54, 1.807) is 18.0 Å². The van der Waals surface area contributed by atoms with Gasteiger partial charge < -0.3 is 20.1 Å². The van der Waals surface area contributed by atoms with Crippen LogP contribution in [-0.4, -0.2) is 43.2 Å². The van der Waals surface area contributed by atoms with E-state index in [4.69, 9.17) is 15.2 Å². The molecule has 0 aromatic heterocycles. The van der Waals surface area contributed by atoms with Gasteiger partial charge in [-0.1, -0.05) is 12.1 Å². The smallest absolute Gasteiger partial charge is 0.267 e. The van der Waals surface area contributed by atoms with Crippen LogP contribution in [0.4, 0.5) is 0 Å². The molecule has 2 rings (SSSR count). The number of carbonyl (C=O) groups excluding carboxylic acids is 1. The number of likely N-dealkylation sites (N-methyl/N-ethyl adjacent to an activating group) is 1. The number of ether oxygens (including phenoxy) is 2. The number of benzene rings is 1. The van der Waals surface area contributed by atoms with Crippen molar-refractivity contribution in [1.29, 1.82) is 0 Å². The minimum atomic E-state index is -0.576. The van der Waals surface area contributed by atoms with Crippen LogP contribution in [0.2, 0.25) is 0 Å². The van der Waals surface area contributed by atoms with Crippen molar-refractivity contribution in [3.8, 4) is 11.5 Å². The van der Waals surface area contributed by atoms with E-state index < -0.39 is 6.10 Å². The molecule has 5 nitrogen and oxygen atoms in total. The molecule has 0 fully saturated rings. The Morgan fingerprint density at radius 3 is 2.84 bits per heavy atom. The van der Waals surface area contributed by atoms with Gasteiger partial charge in [0.1, 0.15) is 6.61 Å².